The summed E-state index contributed by atoms with van der Waals surface area (Å²) < 4.78 is 15.7. The fraction of sp³-hybridized carbons (Fsp3) is 0.909. The van der Waals surface area contributed by atoms with Gasteiger partial charge in [0.15, 0.2) is 6.29 Å². The van der Waals surface area contributed by atoms with Crippen LogP contribution in [0.5, 0.6) is 0 Å². The molecule has 0 aromatic heterocycles. The fourth-order valence-corrected chi connectivity index (χ4v) is 0.952. The first-order chi connectivity index (χ1) is 7.24. The van der Waals surface area contributed by atoms with Crippen LogP contribution >= 0.6 is 0 Å². The quantitative estimate of drug-likeness (QED) is 0.338. The van der Waals surface area contributed by atoms with Gasteiger partial charge in [-0.2, -0.15) is 0 Å². The van der Waals surface area contributed by atoms with Crippen molar-refractivity contribution in [2.75, 3.05) is 19.8 Å². The van der Waals surface area contributed by atoms with E-state index in [4.69, 9.17) is 14.2 Å². The molecule has 0 radical (unpaired) electrons. The van der Waals surface area contributed by atoms with Crippen molar-refractivity contribution in [3.63, 3.8) is 0 Å². The molecule has 1 atom stereocenters. The van der Waals surface area contributed by atoms with Gasteiger partial charge in [-0.25, -0.2) is 0 Å². The number of rotatable bonds is 9. The van der Waals surface area contributed by atoms with Crippen molar-refractivity contribution in [2.45, 2.75) is 46.3 Å². The first kappa shape index (κ1) is 14.4. The summed E-state index contributed by atoms with van der Waals surface area (Å²) in [7, 11) is 0. The second-order valence-corrected chi connectivity index (χ2v) is 3.15. The van der Waals surface area contributed by atoms with E-state index in [1.165, 1.54) is 0 Å². The average molecular weight is 218 g/mol. The number of esters is 1. The summed E-state index contributed by atoms with van der Waals surface area (Å²) in [5, 5.41) is 0. The van der Waals surface area contributed by atoms with E-state index < -0.39 is 6.29 Å². The van der Waals surface area contributed by atoms with Crippen molar-refractivity contribution in [3.05, 3.63) is 0 Å². The lowest BCUT2D eigenvalue weighted by molar-refractivity contribution is -0.181. The van der Waals surface area contributed by atoms with E-state index in [1.54, 1.807) is 6.92 Å². The highest BCUT2D eigenvalue weighted by molar-refractivity contribution is 5.68. The third-order valence-corrected chi connectivity index (χ3v) is 1.82. The van der Waals surface area contributed by atoms with E-state index in [2.05, 4.69) is 6.92 Å². The molecule has 0 saturated carbocycles. The van der Waals surface area contributed by atoms with Gasteiger partial charge in [-0.05, 0) is 13.3 Å². The molecule has 1 unspecified atom stereocenters. The topological polar surface area (TPSA) is 44.8 Å². The van der Waals surface area contributed by atoms with Gasteiger partial charge in [-0.1, -0.05) is 20.3 Å². The summed E-state index contributed by atoms with van der Waals surface area (Å²) in [5.74, 6) is -0.223. The highest BCUT2D eigenvalue weighted by atomic mass is 16.7. The Morgan fingerprint density at radius 3 is 2.47 bits per heavy atom. The third kappa shape index (κ3) is 8.39. The normalized spacial score (nSPS) is 12.5. The van der Waals surface area contributed by atoms with Gasteiger partial charge in [0.1, 0.15) is 6.61 Å². The molecule has 0 rings (SSSR count). The Labute approximate surface area is 91.9 Å². The van der Waals surface area contributed by atoms with Gasteiger partial charge < -0.3 is 14.2 Å². The molecule has 90 valence electrons. The van der Waals surface area contributed by atoms with Crippen LogP contribution < -0.4 is 0 Å². The molecule has 0 fully saturated rings. The van der Waals surface area contributed by atoms with Crippen molar-refractivity contribution in [1.82, 2.24) is 0 Å². The predicted molar refractivity (Wildman–Crippen MR) is 57.5 cm³/mol. The zero-order chi connectivity index (χ0) is 11.5. The molecule has 0 aromatic carbocycles. The van der Waals surface area contributed by atoms with Crippen LogP contribution in [0.25, 0.3) is 0 Å². The standard InChI is InChI=1S/C11H22O4/c1-4-7-8-14-11(13-6-3)9-15-10(12)5-2/h11H,4-9H2,1-3H3. The van der Waals surface area contributed by atoms with Gasteiger partial charge in [0.05, 0.1) is 0 Å². The van der Waals surface area contributed by atoms with Crippen LogP contribution in [-0.4, -0.2) is 32.1 Å². The molecule has 0 aromatic rings. The highest BCUT2D eigenvalue weighted by Gasteiger charge is 2.10. The second-order valence-electron chi connectivity index (χ2n) is 3.15. The van der Waals surface area contributed by atoms with Gasteiger partial charge >= 0.3 is 5.97 Å². The first-order valence-corrected chi connectivity index (χ1v) is 5.63. The monoisotopic (exact) mass is 218 g/mol. The maximum absolute atomic E-state index is 10.9. The average Bonchev–Trinajstić information content (AvgIpc) is 2.25. The van der Waals surface area contributed by atoms with Gasteiger partial charge in [-0.3, -0.25) is 4.79 Å². The van der Waals surface area contributed by atoms with E-state index in [1.807, 2.05) is 6.92 Å². The van der Waals surface area contributed by atoms with Crippen molar-refractivity contribution in [3.8, 4) is 0 Å². The predicted octanol–water partition coefficient (Wildman–Crippen LogP) is 2.12. The van der Waals surface area contributed by atoms with Crippen molar-refractivity contribution in [1.29, 1.82) is 0 Å². The number of hydrogen-bond donors (Lipinski definition) is 0. The van der Waals surface area contributed by atoms with Crippen LogP contribution in [-0.2, 0) is 19.0 Å². The Hall–Kier alpha value is -0.610. The van der Waals surface area contributed by atoms with Crippen LogP contribution in [0.2, 0.25) is 0 Å². The molecular formula is C11H22O4. The number of ether oxygens (including phenoxy) is 3. The second kappa shape index (κ2) is 9.93. The molecule has 0 spiro atoms. The molecule has 0 bridgehead atoms. The minimum atomic E-state index is -0.419. The van der Waals surface area contributed by atoms with Crippen LogP contribution in [0.4, 0.5) is 0 Å². The lowest BCUT2D eigenvalue weighted by Gasteiger charge is -2.17. The van der Waals surface area contributed by atoms with E-state index >= 15 is 0 Å². The fourth-order valence-electron chi connectivity index (χ4n) is 0.952. The van der Waals surface area contributed by atoms with Crippen molar-refractivity contribution >= 4 is 5.97 Å². The SMILES string of the molecule is CCCCOC(COC(=O)CC)OCC. The van der Waals surface area contributed by atoms with Crippen molar-refractivity contribution in [2.24, 2.45) is 0 Å². The summed E-state index contributed by atoms with van der Waals surface area (Å²) in [6.45, 7) is 7.12. The maximum Gasteiger partial charge on any atom is 0.305 e. The zero-order valence-electron chi connectivity index (χ0n) is 9.95. The minimum Gasteiger partial charge on any atom is -0.460 e. The Morgan fingerprint density at radius 1 is 1.20 bits per heavy atom. The minimum absolute atomic E-state index is 0.185. The van der Waals surface area contributed by atoms with Crippen molar-refractivity contribution < 1.29 is 19.0 Å². The Bertz CT molecular complexity index is 159. The molecular weight excluding hydrogens is 196 g/mol. The van der Waals surface area contributed by atoms with Crippen LogP contribution in [0, 0.1) is 0 Å². The lowest BCUT2D eigenvalue weighted by Crippen LogP contribution is -2.25. The molecule has 15 heavy (non-hydrogen) atoms. The largest absolute Gasteiger partial charge is 0.460 e. The van der Waals surface area contributed by atoms with Gasteiger partial charge in [-0.15, -0.1) is 0 Å². The molecule has 0 aliphatic carbocycles. The smallest absolute Gasteiger partial charge is 0.305 e. The summed E-state index contributed by atoms with van der Waals surface area (Å²) in [6, 6.07) is 0. The van der Waals surface area contributed by atoms with Crippen LogP contribution in [0.3, 0.4) is 0 Å². The Balaban J connectivity index is 3.66. The van der Waals surface area contributed by atoms with E-state index in [0.29, 0.717) is 19.6 Å². The van der Waals surface area contributed by atoms with Crippen LogP contribution in [0.15, 0.2) is 0 Å². The number of carbonyl (C=O) groups excluding carboxylic acids is 1. The summed E-state index contributed by atoms with van der Waals surface area (Å²) in [5.41, 5.74) is 0. The van der Waals surface area contributed by atoms with Crippen LogP contribution in [0.1, 0.15) is 40.0 Å². The van der Waals surface area contributed by atoms with E-state index in [-0.39, 0.29) is 12.6 Å². The molecule has 0 heterocycles. The van der Waals surface area contributed by atoms with E-state index in [9.17, 15) is 4.79 Å². The number of hydrogen-bond acceptors (Lipinski definition) is 4. The first-order valence-electron chi connectivity index (χ1n) is 5.63. The van der Waals surface area contributed by atoms with Gasteiger partial charge in [0, 0.05) is 19.6 Å². The summed E-state index contributed by atoms with van der Waals surface area (Å²) in [6.07, 6.45) is 2.03. The van der Waals surface area contributed by atoms with Gasteiger partial charge in [0.25, 0.3) is 0 Å². The molecule has 0 saturated heterocycles. The molecule has 0 N–H and O–H groups in total. The van der Waals surface area contributed by atoms with E-state index in [0.717, 1.165) is 12.8 Å². The number of carbonyl (C=O) groups is 1. The van der Waals surface area contributed by atoms with Gasteiger partial charge in [0.2, 0.25) is 0 Å². The summed E-state index contributed by atoms with van der Waals surface area (Å²) in [4.78, 5) is 10.9. The lowest BCUT2D eigenvalue weighted by atomic mass is 10.4. The third-order valence-electron chi connectivity index (χ3n) is 1.82. The molecule has 0 amide bonds. The zero-order valence-corrected chi connectivity index (χ0v) is 9.95. The Morgan fingerprint density at radius 2 is 1.93 bits per heavy atom. The molecule has 4 heteroatoms. The molecule has 4 nitrogen and oxygen atoms in total. The Kier molecular flexibility index (Phi) is 9.52. The number of unbranched alkanes of at least 4 members (excludes halogenated alkanes) is 1. The maximum atomic E-state index is 10.9. The molecule has 0 aliphatic heterocycles. The molecule has 0 aliphatic rings. The summed E-state index contributed by atoms with van der Waals surface area (Å²) >= 11 is 0. The highest BCUT2D eigenvalue weighted by Crippen LogP contribution is 2.00.